The van der Waals surface area contributed by atoms with Crippen LogP contribution in [0.1, 0.15) is 24.2 Å². The smallest absolute Gasteiger partial charge is 0.256 e. The maximum atomic E-state index is 12.6. The van der Waals surface area contributed by atoms with E-state index in [2.05, 4.69) is 0 Å². The topological polar surface area (TPSA) is 45.5 Å². The van der Waals surface area contributed by atoms with E-state index >= 15 is 0 Å². The monoisotopic (exact) mass is 260 g/mol. The van der Waals surface area contributed by atoms with Crippen molar-refractivity contribution >= 4 is 16.8 Å². The highest BCUT2D eigenvalue weighted by molar-refractivity contribution is 6.07. The number of para-hydroxylation sites is 1. The van der Waals surface area contributed by atoms with E-state index in [0.29, 0.717) is 5.56 Å². The molecule has 0 unspecified atom stereocenters. The first-order chi connectivity index (χ1) is 8.88. The average molecular weight is 260 g/mol. The molecule has 0 aliphatic rings. The molecule has 0 atom stereocenters. The lowest BCUT2D eigenvalue weighted by Crippen LogP contribution is -2.47. The van der Waals surface area contributed by atoms with Crippen molar-refractivity contribution in [2.75, 3.05) is 13.7 Å². The summed E-state index contributed by atoms with van der Waals surface area (Å²) in [5, 5.41) is 10.3. The number of aliphatic hydroxyl groups excluding tert-OH is 1. The van der Waals surface area contributed by atoms with Crippen LogP contribution in [0.15, 0.2) is 30.5 Å². The van der Waals surface area contributed by atoms with Gasteiger partial charge in [-0.05, 0) is 19.9 Å². The van der Waals surface area contributed by atoms with Crippen molar-refractivity contribution in [1.29, 1.82) is 0 Å². The summed E-state index contributed by atoms with van der Waals surface area (Å²) in [5.41, 5.74) is 1.12. The molecule has 0 aliphatic carbocycles. The number of aromatic nitrogens is 1. The second-order valence-corrected chi connectivity index (χ2v) is 5.51. The maximum Gasteiger partial charge on any atom is 0.256 e. The number of carbonyl (C=O) groups is 1. The number of amides is 1. The summed E-state index contributed by atoms with van der Waals surface area (Å²) < 4.78 is 1.95. The van der Waals surface area contributed by atoms with Gasteiger partial charge in [0.1, 0.15) is 0 Å². The lowest BCUT2D eigenvalue weighted by atomic mass is 10.0. The predicted octanol–water partition coefficient (Wildman–Crippen LogP) is 2.02. The molecule has 1 N–H and O–H groups in total. The summed E-state index contributed by atoms with van der Waals surface area (Å²) in [6, 6.07) is 7.82. The van der Waals surface area contributed by atoms with Crippen molar-refractivity contribution in [3.8, 4) is 0 Å². The second-order valence-electron chi connectivity index (χ2n) is 5.51. The SMILES string of the molecule is CN(C(=O)c1cn(C)c2ccccc12)C(C)(C)CO. The first-order valence-electron chi connectivity index (χ1n) is 6.31. The minimum Gasteiger partial charge on any atom is -0.394 e. The highest BCUT2D eigenvalue weighted by atomic mass is 16.3. The van der Waals surface area contributed by atoms with E-state index in [9.17, 15) is 9.90 Å². The van der Waals surface area contributed by atoms with Gasteiger partial charge < -0.3 is 14.6 Å². The zero-order valence-corrected chi connectivity index (χ0v) is 11.8. The molecule has 1 aromatic carbocycles. The Morgan fingerprint density at radius 2 is 2.00 bits per heavy atom. The lowest BCUT2D eigenvalue weighted by molar-refractivity contribution is 0.0475. The molecule has 0 fully saturated rings. The predicted molar refractivity (Wildman–Crippen MR) is 76.2 cm³/mol. The number of hydrogen-bond acceptors (Lipinski definition) is 2. The molecular formula is C15H20N2O2. The third kappa shape index (κ3) is 2.24. The van der Waals surface area contributed by atoms with Crippen LogP contribution >= 0.6 is 0 Å². The van der Waals surface area contributed by atoms with Gasteiger partial charge in [-0.2, -0.15) is 0 Å². The van der Waals surface area contributed by atoms with Crippen LogP contribution < -0.4 is 0 Å². The summed E-state index contributed by atoms with van der Waals surface area (Å²) in [6.45, 7) is 3.62. The highest BCUT2D eigenvalue weighted by Crippen LogP contribution is 2.23. The maximum absolute atomic E-state index is 12.6. The Hall–Kier alpha value is -1.81. The molecule has 2 aromatic rings. The molecule has 0 bridgehead atoms. The van der Waals surface area contributed by atoms with Crippen LogP contribution in [0.5, 0.6) is 0 Å². The first kappa shape index (κ1) is 13.6. The van der Waals surface area contributed by atoms with Gasteiger partial charge in [0.05, 0.1) is 17.7 Å². The summed E-state index contributed by atoms with van der Waals surface area (Å²) in [6.07, 6.45) is 1.84. The van der Waals surface area contributed by atoms with Gasteiger partial charge >= 0.3 is 0 Å². The molecule has 4 heteroatoms. The third-order valence-electron chi connectivity index (χ3n) is 3.73. The summed E-state index contributed by atoms with van der Waals surface area (Å²) >= 11 is 0. The summed E-state index contributed by atoms with van der Waals surface area (Å²) in [7, 11) is 3.65. The molecule has 0 radical (unpaired) electrons. The molecule has 0 saturated carbocycles. The molecule has 102 valence electrons. The molecule has 1 heterocycles. The molecule has 19 heavy (non-hydrogen) atoms. The average Bonchev–Trinajstić information content (AvgIpc) is 2.75. The van der Waals surface area contributed by atoms with Gasteiger partial charge in [0.25, 0.3) is 5.91 Å². The standard InChI is InChI=1S/C15H20N2O2/c1-15(2,10-18)17(4)14(19)12-9-16(3)13-8-6-5-7-11(12)13/h5-9,18H,10H2,1-4H3. The van der Waals surface area contributed by atoms with Crippen molar-refractivity contribution < 1.29 is 9.90 Å². The Bertz CT molecular complexity index is 614. The molecule has 0 aliphatic heterocycles. The number of carbonyl (C=O) groups excluding carboxylic acids is 1. The van der Waals surface area contributed by atoms with Gasteiger partial charge in [0, 0.05) is 31.2 Å². The minimum atomic E-state index is -0.575. The van der Waals surface area contributed by atoms with E-state index in [1.807, 2.05) is 55.9 Å². The van der Waals surface area contributed by atoms with Crippen molar-refractivity contribution in [2.24, 2.45) is 7.05 Å². The van der Waals surface area contributed by atoms with Crippen LogP contribution in [0.2, 0.25) is 0 Å². The normalized spacial score (nSPS) is 11.8. The van der Waals surface area contributed by atoms with Crippen LogP contribution in [-0.2, 0) is 7.05 Å². The van der Waals surface area contributed by atoms with Gasteiger partial charge in [0.15, 0.2) is 0 Å². The van der Waals surface area contributed by atoms with E-state index in [1.54, 1.807) is 11.9 Å². The Labute approximate surface area is 113 Å². The van der Waals surface area contributed by atoms with Gasteiger partial charge in [-0.25, -0.2) is 0 Å². The quantitative estimate of drug-likeness (QED) is 0.917. The molecule has 1 amide bonds. The van der Waals surface area contributed by atoms with Crippen molar-refractivity contribution in [3.63, 3.8) is 0 Å². The van der Waals surface area contributed by atoms with Crippen LogP contribution in [-0.4, -0.2) is 39.7 Å². The number of nitrogens with zero attached hydrogens (tertiary/aromatic N) is 2. The fourth-order valence-corrected chi connectivity index (χ4v) is 2.07. The Kier molecular flexibility index (Phi) is 3.37. The van der Waals surface area contributed by atoms with Crippen LogP contribution in [0, 0.1) is 0 Å². The molecule has 0 spiro atoms. The number of benzene rings is 1. The number of rotatable bonds is 3. The van der Waals surface area contributed by atoms with Gasteiger partial charge in [-0.15, -0.1) is 0 Å². The van der Waals surface area contributed by atoms with E-state index in [-0.39, 0.29) is 12.5 Å². The third-order valence-corrected chi connectivity index (χ3v) is 3.73. The minimum absolute atomic E-state index is 0.0694. The number of hydrogen-bond donors (Lipinski definition) is 1. The Balaban J connectivity index is 2.48. The lowest BCUT2D eigenvalue weighted by Gasteiger charge is -2.33. The molecule has 4 nitrogen and oxygen atoms in total. The molecular weight excluding hydrogens is 240 g/mol. The fraction of sp³-hybridized carbons (Fsp3) is 0.400. The van der Waals surface area contributed by atoms with Gasteiger partial charge in [-0.3, -0.25) is 4.79 Å². The van der Waals surface area contributed by atoms with E-state index < -0.39 is 5.54 Å². The van der Waals surface area contributed by atoms with Crippen LogP contribution in [0.25, 0.3) is 10.9 Å². The van der Waals surface area contributed by atoms with Gasteiger partial charge in [0.2, 0.25) is 0 Å². The first-order valence-corrected chi connectivity index (χ1v) is 6.31. The van der Waals surface area contributed by atoms with Crippen LogP contribution in [0.3, 0.4) is 0 Å². The number of likely N-dealkylation sites (N-methyl/N-ethyl adjacent to an activating group) is 1. The molecule has 2 rings (SSSR count). The zero-order chi connectivity index (χ0) is 14.2. The summed E-state index contributed by atoms with van der Waals surface area (Å²) in [5.74, 6) is -0.0733. The van der Waals surface area contributed by atoms with Crippen molar-refractivity contribution in [2.45, 2.75) is 19.4 Å². The number of fused-ring (bicyclic) bond motifs is 1. The Morgan fingerprint density at radius 3 is 2.63 bits per heavy atom. The van der Waals surface area contributed by atoms with Crippen molar-refractivity contribution in [3.05, 3.63) is 36.0 Å². The van der Waals surface area contributed by atoms with E-state index in [1.165, 1.54) is 0 Å². The Morgan fingerprint density at radius 1 is 1.37 bits per heavy atom. The van der Waals surface area contributed by atoms with E-state index in [0.717, 1.165) is 10.9 Å². The fourth-order valence-electron chi connectivity index (χ4n) is 2.07. The highest BCUT2D eigenvalue weighted by Gasteiger charge is 2.29. The zero-order valence-electron chi connectivity index (χ0n) is 11.8. The van der Waals surface area contributed by atoms with Crippen molar-refractivity contribution in [1.82, 2.24) is 9.47 Å². The molecule has 1 aromatic heterocycles. The second kappa shape index (κ2) is 4.70. The largest absolute Gasteiger partial charge is 0.394 e. The summed E-state index contributed by atoms with van der Waals surface area (Å²) in [4.78, 5) is 14.2. The van der Waals surface area contributed by atoms with Gasteiger partial charge in [-0.1, -0.05) is 18.2 Å². The van der Waals surface area contributed by atoms with E-state index in [4.69, 9.17) is 0 Å². The van der Waals surface area contributed by atoms with Crippen LogP contribution in [0.4, 0.5) is 0 Å². The number of aliphatic hydroxyl groups is 1. The molecule has 0 saturated heterocycles. The number of aryl methyl sites for hydroxylation is 1.